The van der Waals surface area contributed by atoms with Gasteiger partial charge in [0.25, 0.3) is 0 Å². The van der Waals surface area contributed by atoms with Crippen LogP contribution in [0, 0.1) is 13.3 Å². The summed E-state index contributed by atoms with van der Waals surface area (Å²) in [6.07, 6.45) is 4.73. The van der Waals surface area contributed by atoms with Crippen molar-refractivity contribution in [2.45, 2.75) is 46.2 Å². The summed E-state index contributed by atoms with van der Waals surface area (Å²) < 4.78 is 0. The van der Waals surface area contributed by atoms with E-state index in [1.165, 1.54) is 39.0 Å². The Morgan fingerprint density at radius 3 is 1.80 bits per heavy atom. The molecule has 0 N–H and O–H groups in total. The normalized spacial score (nSPS) is 13.9. The Kier molecular flexibility index (Phi) is 5.28. The van der Waals surface area contributed by atoms with Crippen molar-refractivity contribution in [1.29, 1.82) is 0 Å². The molecule has 0 spiro atoms. The second-order valence-corrected chi connectivity index (χ2v) is 20.8. The number of allylic oxidation sites excluding steroid dienone is 1. The third kappa shape index (κ3) is 4.04. The first-order valence-corrected chi connectivity index (χ1v) is 18.0. The van der Waals surface area contributed by atoms with Gasteiger partial charge in [-0.3, -0.25) is 0 Å². The molecule has 0 bridgehead atoms. The molecule has 0 unspecified atom stereocenters. The van der Waals surface area contributed by atoms with E-state index in [9.17, 15) is 0 Å². The summed E-state index contributed by atoms with van der Waals surface area (Å²) in [7, 11) is -2.84. The van der Waals surface area contributed by atoms with Crippen LogP contribution in [0.3, 0.4) is 0 Å². The highest BCUT2D eigenvalue weighted by Crippen LogP contribution is 2.40. The van der Waals surface area contributed by atoms with Gasteiger partial charge in [0.2, 0.25) is 0 Å². The first-order valence-electron chi connectivity index (χ1n) is 11.0. The van der Waals surface area contributed by atoms with Gasteiger partial charge in [-0.25, -0.2) is 0 Å². The smallest absolute Gasteiger partial charge is 0.0656 e. The highest BCUT2D eigenvalue weighted by Gasteiger charge is 2.25. The Bertz CT molecular complexity index is 1090. The largest absolute Gasteiger partial charge is 0.0776 e. The second kappa shape index (κ2) is 7.51. The first-order chi connectivity index (χ1) is 14.0. The molecule has 1 radical (unpaired) electrons. The lowest BCUT2D eigenvalue weighted by Crippen LogP contribution is -2.45. The van der Waals surface area contributed by atoms with Crippen LogP contribution in [0.15, 0.2) is 60.7 Å². The molecule has 30 heavy (non-hydrogen) atoms. The Morgan fingerprint density at radius 2 is 1.23 bits per heavy atom. The van der Waals surface area contributed by atoms with Gasteiger partial charge in [0.15, 0.2) is 0 Å². The monoisotopic (exact) mass is 425 g/mol. The van der Waals surface area contributed by atoms with Crippen LogP contribution in [0.4, 0.5) is 0 Å². The molecule has 4 rings (SSSR count). The van der Waals surface area contributed by atoms with Crippen molar-refractivity contribution < 1.29 is 0 Å². The predicted molar refractivity (Wildman–Crippen MR) is 140 cm³/mol. The molecule has 3 aromatic carbocycles. The molecule has 0 saturated heterocycles. The Labute approximate surface area is 184 Å². The highest BCUT2D eigenvalue weighted by atomic mass is 28.3. The summed E-state index contributed by atoms with van der Waals surface area (Å²) in [5.74, 6) is 0. The molecule has 0 saturated carbocycles. The van der Waals surface area contributed by atoms with Gasteiger partial charge in [-0.05, 0) is 52.0 Å². The van der Waals surface area contributed by atoms with Crippen molar-refractivity contribution in [2.75, 3.05) is 0 Å². The van der Waals surface area contributed by atoms with E-state index in [2.05, 4.69) is 119 Å². The Balaban J connectivity index is 1.93. The Hall–Kier alpha value is -2.17. The number of fused-ring (bicyclic) bond motifs is 1. The topological polar surface area (TPSA) is 0 Å². The molecule has 0 aromatic heterocycles. The fraction of sp³-hybridized carbons (Fsp3) is 0.250. The molecule has 3 aromatic rings. The molecule has 153 valence electrons. The summed E-state index contributed by atoms with van der Waals surface area (Å²) in [6.45, 7) is 17.0. The van der Waals surface area contributed by atoms with Crippen molar-refractivity contribution in [1.82, 2.24) is 0 Å². The summed E-state index contributed by atoms with van der Waals surface area (Å²) in [5.41, 5.74) is 9.49. The van der Waals surface area contributed by atoms with Gasteiger partial charge in [0, 0.05) is 6.42 Å². The lowest BCUT2D eigenvalue weighted by atomic mass is 9.93. The molecule has 0 amide bonds. The SMILES string of the molecule is Cc1ccc2c(c1-c1cc([Si](C)(C)C)cc([Si](C)(C)C)c1)C=C(c1ccccc1)[CH]2. The van der Waals surface area contributed by atoms with Gasteiger partial charge in [-0.1, -0.05) is 110 Å². The van der Waals surface area contributed by atoms with Gasteiger partial charge in [0.1, 0.15) is 0 Å². The van der Waals surface area contributed by atoms with E-state index in [-0.39, 0.29) is 0 Å². The number of benzene rings is 3. The zero-order valence-electron chi connectivity index (χ0n) is 19.4. The van der Waals surface area contributed by atoms with Crippen molar-refractivity contribution in [3.8, 4) is 11.1 Å². The minimum absolute atomic E-state index is 1.29. The van der Waals surface area contributed by atoms with E-state index in [0.717, 1.165) is 0 Å². The van der Waals surface area contributed by atoms with Gasteiger partial charge >= 0.3 is 0 Å². The standard InChI is InChI=1S/C28H33Si2/c1-20-13-14-22-15-23(21-11-9-8-10-12-21)18-27(22)28(20)24-16-25(29(2,3)4)19-26(17-24)30(5,6)7/h8-19H,1-7H3. The molecule has 1 aliphatic rings. The Morgan fingerprint density at radius 1 is 0.633 bits per heavy atom. The predicted octanol–water partition coefficient (Wildman–Crippen LogP) is 6.86. The molecular weight excluding hydrogens is 392 g/mol. The van der Waals surface area contributed by atoms with Gasteiger partial charge in [0.05, 0.1) is 16.1 Å². The number of hydrogen-bond donors (Lipinski definition) is 0. The molecule has 0 heterocycles. The molecular formula is C28H33Si2. The van der Waals surface area contributed by atoms with Crippen LogP contribution < -0.4 is 10.4 Å². The molecule has 0 aliphatic heterocycles. The van der Waals surface area contributed by atoms with E-state index in [4.69, 9.17) is 0 Å². The fourth-order valence-electron chi connectivity index (χ4n) is 4.21. The van der Waals surface area contributed by atoms with Crippen LogP contribution in [0.25, 0.3) is 22.8 Å². The third-order valence-electron chi connectivity index (χ3n) is 6.16. The van der Waals surface area contributed by atoms with Crippen LogP contribution in [-0.2, 0) is 0 Å². The van der Waals surface area contributed by atoms with Crippen LogP contribution in [-0.4, -0.2) is 16.1 Å². The van der Waals surface area contributed by atoms with Crippen molar-refractivity contribution in [3.05, 3.63) is 89.3 Å². The molecule has 0 fully saturated rings. The third-order valence-corrected chi connectivity index (χ3v) is 10.2. The lowest BCUT2D eigenvalue weighted by molar-refractivity contribution is 1.42. The van der Waals surface area contributed by atoms with Crippen LogP contribution in [0.5, 0.6) is 0 Å². The minimum Gasteiger partial charge on any atom is -0.0656 e. The average Bonchev–Trinajstić information content (AvgIpc) is 3.11. The quantitative estimate of drug-likeness (QED) is 0.401. The number of aryl methyl sites for hydroxylation is 1. The summed E-state index contributed by atoms with van der Waals surface area (Å²) in [4.78, 5) is 0. The maximum atomic E-state index is 2.53. The summed E-state index contributed by atoms with van der Waals surface area (Å²) in [5, 5.41) is 3.15. The van der Waals surface area contributed by atoms with Gasteiger partial charge in [-0.15, -0.1) is 0 Å². The molecule has 2 heteroatoms. The fourth-order valence-corrected chi connectivity index (χ4v) is 6.71. The van der Waals surface area contributed by atoms with Crippen molar-refractivity contribution in [3.63, 3.8) is 0 Å². The summed E-state index contributed by atoms with van der Waals surface area (Å²) in [6, 6.07) is 22.8. The second-order valence-electron chi connectivity index (χ2n) is 10.7. The van der Waals surface area contributed by atoms with Crippen LogP contribution in [0.1, 0.15) is 22.3 Å². The maximum absolute atomic E-state index is 2.53. The highest BCUT2D eigenvalue weighted by molar-refractivity contribution is 6.91. The number of rotatable bonds is 4. The van der Waals surface area contributed by atoms with Crippen molar-refractivity contribution in [2.24, 2.45) is 0 Å². The van der Waals surface area contributed by atoms with E-state index >= 15 is 0 Å². The van der Waals surface area contributed by atoms with E-state index in [0.29, 0.717) is 0 Å². The van der Waals surface area contributed by atoms with Gasteiger partial charge < -0.3 is 0 Å². The van der Waals surface area contributed by atoms with Crippen LogP contribution in [0.2, 0.25) is 39.3 Å². The molecule has 0 nitrogen and oxygen atoms in total. The first kappa shape index (κ1) is 21.1. The lowest BCUT2D eigenvalue weighted by Gasteiger charge is -2.25. The maximum Gasteiger partial charge on any atom is 0.0776 e. The van der Waals surface area contributed by atoms with Crippen LogP contribution >= 0.6 is 0 Å². The molecule has 0 atom stereocenters. The van der Waals surface area contributed by atoms with Gasteiger partial charge in [-0.2, -0.15) is 0 Å². The average molecular weight is 426 g/mol. The zero-order chi connectivity index (χ0) is 21.7. The zero-order valence-corrected chi connectivity index (χ0v) is 21.4. The van der Waals surface area contributed by atoms with E-state index in [1.807, 2.05) is 0 Å². The number of hydrogen-bond acceptors (Lipinski definition) is 0. The molecule has 1 aliphatic carbocycles. The minimum atomic E-state index is -1.42. The van der Waals surface area contributed by atoms with E-state index in [1.54, 1.807) is 10.4 Å². The summed E-state index contributed by atoms with van der Waals surface area (Å²) >= 11 is 0. The van der Waals surface area contributed by atoms with Crippen molar-refractivity contribution >= 4 is 38.2 Å². The van der Waals surface area contributed by atoms with E-state index < -0.39 is 16.1 Å².